The van der Waals surface area contributed by atoms with E-state index in [1.54, 1.807) is 17.7 Å². The van der Waals surface area contributed by atoms with Crippen molar-refractivity contribution in [2.24, 2.45) is 0 Å². The van der Waals surface area contributed by atoms with Gasteiger partial charge >= 0.3 is 0 Å². The third-order valence-electron chi connectivity index (χ3n) is 4.60. The lowest BCUT2D eigenvalue weighted by atomic mass is 10.1. The van der Waals surface area contributed by atoms with Crippen LogP contribution in [0, 0.1) is 11.3 Å². The van der Waals surface area contributed by atoms with E-state index in [2.05, 4.69) is 49.4 Å². The average molecular weight is 349 g/mol. The Balaban J connectivity index is 1.45. The highest BCUT2D eigenvalue weighted by Crippen LogP contribution is 2.28. The van der Waals surface area contributed by atoms with E-state index < -0.39 is 0 Å². The Labute approximate surface area is 151 Å². The first-order chi connectivity index (χ1) is 12.3. The number of hydrogen-bond acceptors (Lipinski definition) is 6. The molecule has 3 aromatic rings. The van der Waals surface area contributed by atoms with Gasteiger partial charge in [0.25, 0.3) is 0 Å². The van der Waals surface area contributed by atoms with Crippen molar-refractivity contribution in [1.29, 1.82) is 5.26 Å². The first-order valence-electron chi connectivity index (χ1n) is 8.48. The van der Waals surface area contributed by atoms with E-state index in [9.17, 15) is 0 Å². The molecule has 1 aliphatic rings. The Bertz CT molecular complexity index is 896. The minimum atomic E-state index is 0.717. The van der Waals surface area contributed by atoms with Gasteiger partial charge in [-0.1, -0.05) is 12.1 Å². The van der Waals surface area contributed by atoms with Crippen LogP contribution in [0.15, 0.2) is 42.0 Å². The van der Waals surface area contributed by atoms with Gasteiger partial charge in [0.1, 0.15) is 12.1 Å². The summed E-state index contributed by atoms with van der Waals surface area (Å²) in [6.07, 6.45) is 2.79. The molecule has 0 saturated carbocycles. The van der Waals surface area contributed by atoms with Crippen LogP contribution < -0.4 is 4.90 Å². The number of hydrogen-bond donors (Lipinski definition) is 0. The molecule has 5 nitrogen and oxygen atoms in total. The van der Waals surface area contributed by atoms with Crippen LogP contribution in [0.4, 0.5) is 5.82 Å². The third-order valence-corrected chi connectivity index (χ3v) is 5.50. The maximum absolute atomic E-state index is 8.91. The molecule has 1 fully saturated rings. The Morgan fingerprint density at radius 2 is 1.92 bits per heavy atom. The number of aromatic nitrogens is 2. The Morgan fingerprint density at radius 1 is 1.04 bits per heavy atom. The zero-order valence-electron chi connectivity index (χ0n) is 13.9. The van der Waals surface area contributed by atoms with E-state index in [1.807, 2.05) is 12.1 Å². The normalized spacial score (nSPS) is 15.9. The Hall–Kier alpha value is -2.49. The molecule has 1 saturated heterocycles. The summed E-state index contributed by atoms with van der Waals surface area (Å²) in [6.45, 7) is 5.01. The van der Waals surface area contributed by atoms with E-state index in [4.69, 9.17) is 5.26 Å². The number of rotatable bonds is 3. The maximum atomic E-state index is 8.91. The van der Waals surface area contributed by atoms with Crippen molar-refractivity contribution in [3.05, 3.63) is 53.2 Å². The molecular formula is C19H19N5S. The molecule has 4 rings (SSSR count). The second-order valence-electron chi connectivity index (χ2n) is 6.26. The van der Waals surface area contributed by atoms with Crippen LogP contribution in [0.3, 0.4) is 0 Å². The average Bonchev–Trinajstić information content (AvgIpc) is 3.02. The highest BCUT2D eigenvalue weighted by Gasteiger charge is 2.18. The van der Waals surface area contributed by atoms with Crippen molar-refractivity contribution in [2.45, 2.75) is 13.0 Å². The largest absolute Gasteiger partial charge is 0.354 e. The molecule has 0 aliphatic carbocycles. The van der Waals surface area contributed by atoms with Crippen LogP contribution in [-0.2, 0) is 6.54 Å². The SMILES string of the molecule is N#Cc1ccc(CN2CCCN(c3ncnc4ccsc34)CC2)cc1. The summed E-state index contributed by atoms with van der Waals surface area (Å²) in [6, 6.07) is 12.1. The summed E-state index contributed by atoms with van der Waals surface area (Å²) in [7, 11) is 0. The van der Waals surface area contributed by atoms with E-state index in [0.29, 0.717) is 0 Å². The Kier molecular flexibility index (Phi) is 4.59. The molecule has 0 bridgehead atoms. The fourth-order valence-electron chi connectivity index (χ4n) is 3.28. The first kappa shape index (κ1) is 16.0. The van der Waals surface area contributed by atoms with Crippen LogP contribution >= 0.6 is 11.3 Å². The van der Waals surface area contributed by atoms with Crippen LogP contribution in [-0.4, -0.2) is 41.0 Å². The fraction of sp³-hybridized carbons (Fsp3) is 0.316. The van der Waals surface area contributed by atoms with Crippen molar-refractivity contribution in [3.63, 3.8) is 0 Å². The smallest absolute Gasteiger partial charge is 0.150 e. The quantitative estimate of drug-likeness (QED) is 0.726. The molecule has 0 spiro atoms. The van der Waals surface area contributed by atoms with Gasteiger partial charge in [-0.05, 0) is 35.6 Å². The Morgan fingerprint density at radius 3 is 2.76 bits per heavy atom. The molecular weight excluding hydrogens is 330 g/mol. The van der Waals surface area contributed by atoms with Crippen molar-refractivity contribution in [1.82, 2.24) is 14.9 Å². The summed E-state index contributed by atoms with van der Waals surface area (Å²) in [5, 5.41) is 11.0. The van der Waals surface area contributed by atoms with Crippen LogP contribution in [0.1, 0.15) is 17.5 Å². The van der Waals surface area contributed by atoms with E-state index >= 15 is 0 Å². The second kappa shape index (κ2) is 7.18. The van der Waals surface area contributed by atoms with Gasteiger partial charge in [-0.15, -0.1) is 11.3 Å². The monoisotopic (exact) mass is 349 g/mol. The molecule has 0 amide bonds. The van der Waals surface area contributed by atoms with Crippen molar-refractivity contribution in [3.8, 4) is 6.07 Å². The zero-order chi connectivity index (χ0) is 17.1. The lowest BCUT2D eigenvalue weighted by molar-refractivity contribution is 0.285. The molecule has 1 aromatic carbocycles. The molecule has 126 valence electrons. The van der Waals surface area contributed by atoms with Crippen molar-refractivity contribution < 1.29 is 0 Å². The number of fused-ring (bicyclic) bond motifs is 1. The topological polar surface area (TPSA) is 56.1 Å². The van der Waals surface area contributed by atoms with E-state index in [0.717, 1.165) is 56.0 Å². The summed E-state index contributed by atoms with van der Waals surface area (Å²) in [5.41, 5.74) is 3.01. The van der Waals surface area contributed by atoms with Crippen molar-refractivity contribution >= 4 is 27.4 Å². The molecule has 0 atom stereocenters. The van der Waals surface area contributed by atoms with E-state index in [1.165, 1.54) is 10.3 Å². The molecule has 1 aliphatic heterocycles. The molecule has 6 heteroatoms. The molecule has 2 aromatic heterocycles. The highest BCUT2D eigenvalue weighted by atomic mass is 32.1. The van der Waals surface area contributed by atoms with Gasteiger partial charge in [0, 0.05) is 32.7 Å². The molecule has 0 unspecified atom stereocenters. The third kappa shape index (κ3) is 3.48. The van der Waals surface area contributed by atoms with Gasteiger partial charge < -0.3 is 4.90 Å². The molecule has 0 N–H and O–H groups in total. The minimum absolute atomic E-state index is 0.717. The predicted molar refractivity (Wildman–Crippen MR) is 101 cm³/mol. The zero-order valence-corrected chi connectivity index (χ0v) is 14.7. The number of benzene rings is 1. The van der Waals surface area contributed by atoms with Gasteiger partial charge in [-0.3, -0.25) is 4.90 Å². The maximum Gasteiger partial charge on any atom is 0.150 e. The highest BCUT2D eigenvalue weighted by molar-refractivity contribution is 7.17. The summed E-state index contributed by atoms with van der Waals surface area (Å²) < 4.78 is 1.18. The van der Waals surface area contributed by atoms with Gasteiger partial charge in [-0.25, -0.2) is 9.97 Å². The lowest BCUT2D eigenvalue weighted by Crippen LogP contribution is -2.31. The van der Waals surface area contributed by atoms with Crippen LogP contribution in [0.25, 0.3) is 10.2 Å². The van der Waals surface area contributed by atoms with Gasteiger partial charge in [0.05, 0.1) is 21.8 Å². The number of nitrogens with zero attached hydrogens (tertiary/aromatic N) is 5. The molecule has 0 radical (unpaired) electrons. The van der Waals surface area contributed by atoms with Crippen LogP contribution in [0.2, 0.25) is 0 Å². The van der Waals surface area contributed by atoms with E-state index in [-0.39, 0.29) is 0 Å². The van der Waals surface area contributed by atoms with Crippen molar-refractivity contribution in [2.75, 3.05) is 31.1 Å². The van der Waals surface area contributed by atoms with Gasteiger partial charge in [-0.2, -0.15) is 5.26 Å². The second-order valence-corrected chi connectivity index (χ2v) is 7.17. The van der Waals surface area contributed by atoms with Crippen LogP contribution in [0.5, 0.6) is 0 Å². The number of anilines is 1. The molecule has 25 heavy (non-hydrogen) atoms. The lowest BCUT2D eigenvalue weighted by Gasteiger charge is -2.23. The van der Waals surface area contributed by atoms with Gasteiger partial charge in [0.2, 0.25) is 0 Å². The predicted octanol–water partition coefficient (Wildman–Crippen LogP) is 3.28. The van der Waals surface area contributed by atoms with Gasteiger partial charge in [0.15, 0.2) is 0 Å². The standard InChI is InChI=1S/C19H19N5S/c20-12-15-2-4-16(5-3-15)13-23-7-1-8-24(10-9-23)19-18-17(6-11-25-18)21-14-22-19/h2-6,11,14H,1,7-10,13H2. The molecule has 3 heterocycles. The number of thiophene rings is 1. The summed E-state index contributed by atoms with van der Waals surface area (Å²) >= 11 is 1.71. The first-order valence-corrected chi connectivity index (χ1v) is 9.36. The number of nitriles is 1. The minimum Gasteiger partial charge on any atom is -0.354 e. The fourth-order valence-corrected chi connectivity index (χ4v) is 4.15. The summed E-state index contributed by atoms with van der Waals surface area (Å²) in [4.78, 5) is 13.8. The summed E-state index contributed by atoms with van der Waals surface area (Å²) in [5.74, 6) is 1.07.